The second kappa shape index (κ2) is 12.0. The second-order valence-corrected chi connectivity index (χ2v) is 10.8. The summed E-state index contributed by atoms with van der Waals surface area (Å²) in [5.41, 5.74) is 4.64. The molecule has 1 aromatic heterocycles. The van der Waals surface area contributed by atoms with Crippen LogP contribution >= 0.6 is 0 Å². The van der Waals surface area contributed by atoms with E-state index in [2.05, 4.69) is 83.3 Å². The Labute approximate surface area is 230 Å². The topological polar surface area (TPSA) is 81.8 Å². The number of unbranched alkanes of at least 4 members (excludes halogenated alkanes) is 1. The van der Waals surface area contributed by atoms with Gasteiger partial charge >= 0.3 is 5.97 Å². The van der Waals surface area contributed by atoms with Crippen LogP contribution in [0.3, 0.4) is 0 Å². The third kappa shape index (κ3) is 6.32. The number of aromatic hydroxyl groups is 1. The summed E-state index contributed by atoms with van der Waals surface area (Å²) in [6, 6.07) is 25.5. The minimum Gasteiger partial charge on any atom is -0.508 e. The summed E-state index contributed by atoms with van der Waals surface area (Å²) in [4.78, 5) is 16.0. The fourth-order valence-corrected chi connectivity index (χ4v) is 5.88. The van der Waals surface area contributed by atoms with Crippen LogP contribution in [-0.2, 0) is 17.9 Å². The van der Waals surface area contributed by atoms with Crippen LogP contribution in [-0.4, -0.2) is 60.9 Å². The van der Waals surface area contributed by atoms with Gasteiger partial charge in [0.05, 0.1) is 17.8 Å². The van der Waals surface area contributed by atoms with E-state index in [9.17, 15) is 9.90 Å². The maximum absolute atomic E-state index is 10.8. The van der Waals surface area contributed by atoms with Crippen LogP contribution in [0, 0.1) is 0 Å². The van der Waals surface area contributed by atoms with Crippen molar-refractivity contribution in [2.75, 3.05) is 13.1 Å². The van der Waals surface area contributed by atoms with Crippen LogP contribution in [0.5, 0.6) is 5.75 Å². The van der Waals surface area contributed by atoms with E-state index in [0.29, 0.717) is 25.0 Å². The highest BCUT2D eigenvalue weighted by atomic mass is 16.4. The quantitative estimate of drug-likeness (QED) is 0.259. The minimum atomic E-state index is -0.757. The van der Waals surface area contributed by atoms with Crippen molar-refractivity contribution in [2.24, 2.45) is 0 Å². The third-order valence-corrected chi connectivity index (χ3v) is 7.90. The van der Waals surface area contributed by atoms with Gasteiger partial charge in [-0.15, -0.1) is 0 Å². The van der Waals surface area contributed by atoms with Gasteiger partial charge in [-0.25, -0.2) is 0 Å². The molecule has 0 spiro atoms. The lowest BCUT2D eigenvalue weighted by atomic mass is 9.92. The number of rotatable bonds is 10. The van der Waals surface area contributed by atoms with E-state index in [1.54, 1.807) is 6.07 Å². The molecule has 3 aromatic carbocycles. The number of piperazine rings is 1. The summed E-state index contributed by atoms with van der Waals surface area (Å²) in [6.07, 6.45) is 3.50. The largest absolute Gasteiger partial charge is 0.508 e. The molecule has 3 atom stereocenters. The maximum Gasteiger partial charge on any atom is 0.303 e. The number of carboxylic acids is 1. The zero-order valence-corrected chi connectivity index (χ0v) is 22.8. The molecule has 2 heterocycles. The summed E-state index contributed by atoms with van der Waals surface area (Å²) >= 11 is 0. The average molecular weight is 527 g/mol. The van der Waals surface area contributed by atoms with Gasteiger partial charge in [-0.3, -0.25) is 19.3 Å². The van der Waals surface area contributed by atoms with Crippen LogP contribution in [0.25, 0.3) is 10.9 Å². The average Bonchev–Trinajstić information content (AvgIpc) is 3.32. The normalized spacial score (nSPS) is 19.3. The van der Waals surface area contributed by atoms with Crippen molar-refractivity contribution in [3.63, 3.8) is 0 Å². The fraction of sp³-hybridized carbons (Fsp3) is 0.375. The van der Waals surface area contributed by atoms with Crippen molar-refractivity contribution in [2.45, 2.75) is 64.3 Å². The molecule has 0 radical (unpaired) electrons. The molecule has 5 rings (SSSR count). The lowest BCUT2D eigenvalue weighted by Gasteiger charge is -2.47. The monoisotopic (exact) mass is 526 g/mol. The van der Waals surface area contributed by atoms with Gasteiger partial charge in [0, 0.05) is 50.1 Å². The predicted octanol–water partition coefficient (Wildman–Crippen LogP) is 5.68. The van der Waals surface area contributed by atoms with E-state index >= 15 is 0 Å². The molecular weight excluding hydrogens is 488 g/mol. The molecule has 39 heavy (non-hydrogen) atoms. The first-order chi connectivity index (χ1) is 18.9. The first-order valence-corrected chi connectivity index (χ1v) is 13.9. The Hall–Kier alpha value is -3.68. The lowest BCUT2D eigenvalue weighted by molar-refractivity contribution is -0.137. The van der Waals surface area contributed by atoms with Crippen molar-refractivity contribution < 1.29 is 15.0 Å². The molecule has 7 nitrogen and oxygen atoms in total. The van der Waals surface area contributed by atoms with Crippen LogP contribution < -0.4 is 0 Å². The zero-order chi connectivity index (χ0) is 27.4. The molecule has 0 saturated carbocycles. The number of fused-ring (bicyclic) bond motifs is 1. The lowest BCUT2D eigenvalue weighted by Crippen LogP contribution is -2.56. The molecule has 1 aliphatic heterocycles. The molecule has 4 aromatic rings. The molecule has 0 aliphatic carbocycles. The molecule has 1 fully saturated rings. The van der Waals surface area contributed by atoms with Gasteiger partial charge in [-0.2, -0.15) is 5.10 Å². The molecule has 7 heteroatoms. The van der Waals surface area contributed by atoms with Crippen LogP contribution in [0.1, 0.15) is 55.8 Å². The van der Waals surface area contributed by atoms with Gasteiger partial charge in [0.15, 0.2) is 0 Å². The Morgan fingerprint density at radius 3 is 2.51 bits per heavy atom. The number of phenols is 1. The first-order valence-electron chi connectivity index (χ1n) is 13.9. The maximum atomic E-state index is 10.8. The highest BCUT2D eigenvalue weighted by Gasteiger charge is 2.35. The van der Waals surface area contributed by atoms with Crippen LogP contribution in [0.2, 0.25) is 0 Å². The van der Waals surface area contributed by atoms with Crippen molar-refractivity contribution >= 4 is 16.9 Å². The van der Waals surface area contributed by atoms with Gasteiger partial charge in [0.2, 0.25) is 0 Å². The molecule has 0 bridgehead atoms. The number of phenolic OH excluding ortho intramolecular Hbond substituents is 1. The molecular formula is C32H38N4O3. The molecule has 1 saturated heterocycles. The number of hydrogen-bond acceptors (Lipinski definition) is 5. The van der Waals surface area contributed by atoms with Crippen molar-refractivity contribution in [1.29, 1.82) is 0 Å². The standard InChI is InChI=1S/C32H38N4O3/c1-23-21-35(24(2)20-34(23)22-25-9-4-3-5-10-25)32(26-11-8-12-29(37)18-26)27-14-15-30-28(17-27)19-33-36(30)16-7-6-13-31(38)39/h3-5,8-12,14-15,17-19,23-24,32,37H,6-7,13,16,20-22H2,1-2H3,(H,38,39)/t23-,24+,32+/m1/s1. The first kappa shape index (κ1) is 26.9. The fourth-order valence-electron chi connectivity index (χ4n) is 5.88. The highest BCUT2D eigenvalue weighted by Crippen LogP contribution is 2.36. The molecule has 0 amide bonds. The Balaban J connectivity index is 1.41. The SMILES string of the molecule is C[C@@H]1CN([C@@H](c2cccc(O)c2)c2ccc3c(cnn3CCCCC(=O)O)c2)[C@@H](C)CN1Cc1ccccc1. The van der Waals surface area contributed by atoms with Crippen LogP contribution in [0.4, 0.5) is 0 Å². The zero-order valence-electron chi connectivity index (χ0n) is 22.8. The Morgan fingerprint density at radius 2 is 1.74 bits per heavy atom. The van der Waals surface area contributed by atoms with Crippen molar-refractivity contribution in [3.05, 3.63) is 95.7 Å². The van der Waals surface area contributed by atoms with Gasteiger partial charge in [-0.05, 0) is 67.6 Å². The summed E-state index contributed by atoms with van der Waals surface area (Å²) in [6.45, 7) is 8.11. The smallest absolute Gasteiger partial charge is 0.303 e. The number of nitrogens with zero attached hydrogens (tertiary/aromatic N) is 4. The number of benzene rings is 3. The molecule has 2 N–H and O–H groups in total. The summed E-state index contributed by atoms with van der Waals surface area (Å²) in [7, 11) is 0. The van der Waals surface area contributed by atoms with Crippen LogP contribution in [0.15, 0.2) is 79.0 Å². The van der Waals surface area contributed by atoms with E-state index in [1.807, 2.05) is 23.0 Å². The second-order valence-electron chi connectivity index (χ2n) is 10.8. The van der Waals surface area contributed by atoms with E-state index in [0.717, 1.165) is 42.5 Å². The van der Waals surface area contributed by atoms with E-state index < -0.39 is 5.97 Å². The number of carboxylic acid groups (broad SMARTS) is 1. The predicted molar refractivity (Wildman–Crippen MR) is 154 cm³/mol. The van der Waals surface area contributed by atoms with Gasteiger partial charge in [0.1, 0.15) is 5.75 Å². The Bertz CT molecular complexity index is 1400. The van der Waals surface area contributed by atoms with Crippen molar-refractivity contribution in [1.82, 2.24) is 19.6 Å². The van der Waals surface area contributed by atoms with Gasteiger partial charge in [0.25, 0.3) is 0 Å². The molecule has 204 valence electrons. The number of hydrogen-bond donors (Lipinski definition) is 2. The number of aryl methyl sites for hydroxylation is 1. The highest BCUT2D eigenvalue weighted by molar-refractivity contribution is 5.79. The third-order valence-electron chi connectivity index (χ3n) is 7.90. The summed E-state index contributed by atoms with van der Waals surface area (Å²) < 4.78 is 1.97. The van der Waals surface area contributed by atoms with Gasteiger partial charge in [-0.1, -0.05) is 48.5 Å². The van der Waals surface area contributed by atoms with E-state index in [-0.39, 0.29) is 18.2 Å². The minimum absolute atomic E-state index is 0.00302. The number of aromatic nitrogens is 2. The Morgan fingerprint density at radius 1 is 0.949 bits per heavy atom. The summed E-state index contributed by atoms with van der Waals surface area (Å²) in [5.74, 6) is -0.483. The van der Waals surface area contributed by atoms with E-state index in [4.69, 9.17) is 5.11 Å². The van der Waals surface area contributed by atoms with Crippen molar-refractivity contribution in [3.8, 4) is 5.75 Å². The number of aliphatic carboxylic acids is 1. The Kier molecular flexibility index (Phi) is 8.29. The van der Waals surface area contributed by atoms with E-state index in [1.165, 1.54) is 11.1 Å². The number of carbonyl (C=O) groups is 1. The van der Waals surface area contributed by atoms with Gasteiger partial charge < -0.3 is 10.2 Å². The summed E-state index contributed by atoms with van der Waals surface area (Å²) in [5, 5.41) is 24.9. The molecule has 0 unspecified atom stereocenters. The molecule has 1 aliphatic rings.